The van der Waals surface area contributed by atoms with Crippen LogP contribution >= 0.6 is 0 Å². The van der Waals surface area contributed by atoms with Crippen molar-refractivity contribution in [2.24, 2.45) is 9.98 Å². The summed E-state index contributed by atoms with van der Waals surface area (Å²) in [6.45, 7) is 5.87. The predicted octanol–water partition coefficient (Wildman–Crippen LogP) is 4.67. The Bertz CT molecular complexity index is 1340. The van der Waals surface area contributed by atoms with E-state index in [-0.39, 0.29) is 37.2 Å². The lowest BCUT2D eigenvalue weighted by atomic mass is 10.2. The van der Waals surface area contributed by atoms with Crippen LogP contribution in [-0.4, -0.2) is 60.1 Å². The SMILES string of the molecule is CCOC(=O)/C=N/c1ccc(Nc2ncc(C(=O)OCC)c(Nc3ccc(/N=C/C(=O)OCC)cc3)n2)cc1. The number of benzene rings is 2. The van der Waals surface area contributed by atoms with Gasteiger partial charge in [0.2, 0.25) is 5.95 Å². The average molecular weight is 533 g/mol. The molecule has 39 heavy (non-hydrogen) atoms. The molecule has 0 amide bonds. The molecule has 1 aromatic heterocycles. The van der Waals surface area contributed by atoms with E-state index < -0.39 is 17.9 Å². The third-order valence-electron chi connectivity index (χ3n) is 4.75. The Morgan fingerprint density at radius 1 is 0.744 bits per heavy atom. The molecule has 0 bridgehead atoms. The average Bonchev–Trinajstić information content (AvgIpc) is 2.93. The number of hydrogen-bond acceptors (Lipinski definition) is 12. The van der Waals surface area contributed by atoms with E-state index in [9.17, 15) is 14.4 Å². The molecule has 0 aliphatic carbocycles. The van der Waals surface area contributed by atoms with Gasteiger partial charge in [-0.1, -0.05) is 0 Å². The fraction of sp³-hybridized carbons (Fsp3) is 0.222. The second-order valence-electron chi connectivity index (χ2n) is 7.54. The van der Waals surface area contributed by atoms with Crippen LogP contribution in [0.1, 0.15) is 31.1 Å². The number of anilines is 4. The van der Waals surface area contributed by atoms with Crippen LogP contribution in [0, 0.1) is 0 Å². The van der Waals surface area contributed by atoms with Crippen molar-refractivity contribution in [3.63, 3.8) is 0 Å². The Morgan fingerprint density at radius 2 is 1.23 bits per heavy atom. The van der Waals surface area contributed by atoms with Gasteiger partial charge in [-0.2, -0.15) is 4.98 Å². The summed E-state index contributed by atoms with van der Waals surface area (Å²) in [4.78, 5) is 52.2. The molecule has 2 N–H and O–H groups in total. The van der Waals surface area contributed by atoms with E-state index in [1.165, 1.54) is 6.20 Å². The van der Waals surface area contributed by atoms with Crippen LogP contribution < -0.4 is 10.6 Å². The highest BCUT2D eigenvalue weighted by atomic mass is 16.5. The van der Waals surface area contributed by atoms with Crippen molar-refractivity contribution in [2.45, 2.75) is 20.8 Å². The highest BCUT2D eigenvalue weighted by molar-refractivity contribution is 6.24. The Hall–Kier alpha value is -5.13. The molecular weight excluding hydrogens is 504 g/mol. The lowest BCUT2D eigenvalue weighted by molar-refractivity contribution is -0.135. The first-order valence-electron chi connectivity index (χ1n) is 12.1. The Balaban J connectivity index is 1.77. The standard InChI is InChI=1S/C27H28N6O6/c1-4-37-23(34)16-28-18-7-11-20(12-8-18)31-25-22(26(36)39-6-3)15-30-27(33-25)32-21-13-9-19(10-14-21)29-17-24(35)38-5-2/h7-17H,4-6H2,1-3H3,(H2,30,31,32,33)/b28-16+,29-17+. The fourth-order valence-electron chi connectivity index (χ4n) is 3.04. The van der Waals surface area contributed by atoms with Gasteiger partial charge in [-0.05, 0) is 69.3 Å². The maximum Gasteiger partial charge on any atom is 0.349 e. The second-order valence-corrected chi connectivity index (χ2v) is 7.54. The minimum Gasteiger partial charge on any atom is -0.462 e. The zero-order chi connectivity index (χ0) is 28.0. The zero-order valence-electron chi connectivity index (χ0n) is 21.7. The summed E-state index contributed by atoms with van der Waals surface area (Å²) in [5.41, 5.74) is 2.52. The minimum atomic E-state index is -0.578. The van der Waals surface area contributed by atoms with E-state index in [4.69, 9.17) is 14.2 Å². The van der Waals surface area contributed by atoms with Gasteiger partial charge in [-0.15, -0.1) is 0 Å². The third-order valence-corrected chi connectivity index (χ3v) is 4.75. The summed E-state index contributed by atoms with van der Waals surface area (Å²) in [6, 6.07) is 13.7. The van der Waals surface area contributed by atoms with E-state index in [0.29, 0.717) is 22.7 Å². The molecule has 0 radical (unpaired) electrons. The first kappa shape index (κ1) is 28.4. The van der Waals surface area contributed by atoms with Gasteiger partial charge in [0.1, 0.15) is 18.0 Å². The molecule has 2 aromatic carbocycles. The predicted molar refractivity (Wildman–Crippen MR) is 147 cm³/mol. The summed E-state index contributed by atoms with van der Waals surface area (Å²) < 4.78 is 14.8. The van der Waals surface area contributed by atoms with Gasteiger partial charge in [-0.25, -0.2) is 29.4 Å². The number of nitrogens with zero attached hydrogens (tertiary/aromatic N) is 4. The van der Waals surface area contributed by atoms with Gasteiger partial charge in [0.05, 0.1) is 31.2 Å². The van der Waals surface area contributed by atoms with Crippen LogP contribution in [0.4, 0.5) is 34.5 Å². The Morgan fingerprint density at radius 3 is 1.72 bits per heavy atom. The molecule has 0 unspecified atom stereocenters. The molecule has 0 fully saturated rings. The van der Waals surface area contributed by atoms with E-state index in [2.05, 4.69) is 30.6 Å². The van der Waals surface area contributed by atoms with Crippen LogP contribution in [0.25, 0.3) is 0 Å². The molecule has 3 aromatic rings. The van der Waals surface area contributed by atoms with Crippen LogP contribution in [0.5, 0.6) is 0 Å². The van der Waals surface area contributed by atoms with Crippen molar-refractivity contribution in [2.75, 3.05) is 30.5 Å². The van der Waals surface area contributed by atoms with Crippen LogP contribution in [0.15, 0.2) is 64.7 Å². The van der Waals surface area contributed by atoms with Crippen molar-refractivity contribution >= 4 is 64.9 Å². The van der Waals surface area contributed by atoms with E-state index in [0.717, 1.165) is 12.4 Å². The van der Waals surface area contributed by atoms with Crippen LogP contribution in [0.3, 0.4) is 0 Å². The first-order valence-corrected chi connectivity index (χ1v) is 12.1. The Labute approximate surface area is 225 Å². The molecule has 1 heterocycles. The van der Waals surface area contributed by atoms with Crippen molar-refractivity contribution in [3.8, 4) is 0 Å². The van der Waals surface area contributed by atoms with Crippen LogP contribution in [0.2, 0.25) is 0 Å². The second kappa shape index (κ2) is 14.6. The van der Waals surface area contributed by atoms with Gasteiger partial charge >= 0.3 is 17.9 Å². The molecule has 0 atom stereocenters. The van der Waals surface area contributed by atoms with Crippen molar-refractivity contribution in [3.05, 3.63) is 60.3 Å². The highest BCUT2D eigenvalue weighted by Crippen LogP contribution is 2.25. The van der Waals surface area contributed by atoms with Crippen molar-refractivity contribution in [1.82, 2.24) is 9.97 Å². The molecule has 12 heteroatoms. The normalized spacial score (nSPS) is 10.8. The molecule has 0 saturated carbocycles. The van der Waals surface area contributed by atoms with E-state index in [1.54, 1.807) is 69.3 Å². The Kier molecular flexibility index (Phi) is 10.6. The minimum absolute atomic E-state index is 0.149. The number of carbonyl (C=O) groups is 3. The summed E-state index contributed by atoms with van der Waals surface area (Å²) in [6.07, 6.45) is 3.58. The summed E-state index contributed by atoms with van der Waals surface area (Å²) in [7, 11) is 0. The number of carbonyl (C=O) groups excluding carboxylic acids is 3. The molecule has 12 nitrogen and oxygen atoms in total. The van der Waals surface area contributed by atoms with E-state index in [1.807, 2.05) is 0 Å². The zero-order valence-corrected chi connectivity index (χ0v) is 21.7. The highest BCUT2D eigenvalue weighted by Gasteiger charge is 2.16. The molecule has 0 aliphatic rings. The number of nitrogens with one attached hydrogen (secondary N) is 2. The summed E-state index contributed by atoms with van der Waals surface area (Å²) >= 11 is 0. The van der Waals surface area contributed by atoms with Gasteiger partial charge in [0, 0.05) is 17.6 Å². The quantitative estimate of drug-likeness (QED) is 0.191. The van der Waals surface area contributed by atoms with Crippen LogP contribution in [-0.2, 0) is 23.8 Å². The lowest BCUT2D eigenvalue weighted by Crippen LogP contribution is -2.11. The number of rotatable bonds is 12. The molecule has 0 aliphatic heterocycles. The summed E-state index contributed by atoms with van der Waals surface area (Å²) in [5.74, 6) is -1.17. The largest absolute Gasteiger partial charge is 0.462 e. The van der Waals surface area contributed by atoms with Gasteiger partial charge in [0.25, 0.3) is 0 Å². The summed E-state index contributed by atoms with van der Waals surface area (Å²) in [5, 5.41) is 6.17. The number of ether oxygens (including phenoxy) is 3. The number of aromatic nitrogens is 2. The van der Waals surface area contributed by atoms with E-state index >= 15 is 0 Å². The number of esters is 3. The topological polar surface area (TPSA) is 153 Å². The van der Waals surface area contributed by atoms with Crippen molar-refractivity contribution in [1.29, 1.82) is 0 Å². The number of aliphatic imine (C=N–C) groups is 2. The van der Waals surface area contributed by atoms with Gasteiger partial charge < -0.3 is 24.8 Å². The molecule has 0 spiro atoms. The molecule has 202 valence electrons. The molecule has 3 rings (SSSR count). The van der Waals surface area contributed by atoms with Gasteiger partial charge in [-0.3, -0.25) is 0 Å². The smallest absolute Gasteiger partial charge is 0.349 e. The molecule has 0 saturated heterocycles. The third kappa shape index (κ3) is 9.04. The first-order chi connectivity index (χ1) is 18.9. The van der Waals surface area contributed by atoms with Crippen molar-refractivity contribution < 1.29 is 28.6 Å². The number of hydrogen-bond donors (Lipinski definition) is 2. The monoisotopic (exact) mass is 532 g/mol. The van der Waals surface area contributed by atoms with Gasteiger partial charge in [0.15, 0.2) is 5.82 Å². The lowest BCUT2D eigenvalue weighted by Gasteiger charge is -2.13. The fourth-order valence-corrected chi connectivity index (χ4v) is 3.04. The molecular formula is C27H28N6O6. The maximum atomic E-state index is 12.5. The maximum absolute atomic E-state index is 12.5.